The number of phenols is 1. The number of methoxy groups -OCH3 is 1. The number of fused-ring (bicyclic) bond motifs is 1. The van der Waals surface area contributed by atoms with E-state index in [0.717, 1.165) is 56.9 Å². The molecule has 0 saturated carbocycles. The molecule has 0 aliphatic rings. The Morgan fingerprint density at radius 2 is 1.57 bits per heavy atom. The number of nitrogens with zero attached hydrogens (tertiary/aromatic N) is 1. The topological polar surface area (TPSA) is 116 Å². The Kier molecular flexibility index (Phi) is 11.2. The van der Waals surface area contributed by atoms with Crippen molar-refractivity contribution in [1.82, 2.24) is 20.6 Å². The SMILES string of the molecule is CCC(=C(c1ccc(O)cc1)c1ccc(/C=C/C(=O)NCCCNC(=O)CCc2nc3ccc(OC)cc3[nH]2)cc1)c1ccccc1. The number of hydrogen-bond donors (Lipinski definition) is 4. The third-order valence-electron chi connectivity index (χ3n) is 7.86. The first-order valence-corrected chi connectivity index (χ1v) is 15.9. The standard InChI is InChI=1S/C39H40N4O4/c1-3-33(28-8-5-4-6-9-28)39(30-15-17-31(44)18-16-30)29-13-10-27(11-14-29)12-22-37(45)40-24-7-25-41-38(46)23-21-36-42-34-20-19-32(47-2)26-35(34)43-36/h4-6,8-20,22,26,44H,3,7,21,23-25H2,1-2H3,(H,40,45)(H,41,46)(H,42,43)/b22-12+,39-33?. The number of aromatic nitrogens is 2. The van der Waals surface area contributed by atoms with Gasteiger partial charge < -0.3 is 25.5 Å². The summed E-state index contributed by atoms with van der Waals surface area (Å²) in [5.41, 5.74) is 8.17. The number of aromatic amines is 1. The monoisotopic (exact) mass is 628 g/mol. The first kappa shape index (κ1) is 32.8. The number of aromatic hydroxyl groups is 1. The second-order valence-corrected chi connectivity index (χ2v) is 11.1. The van der Waals surface area contributed by atoms with Gasteiger partial charge in [-0.05, 0) is 76.6 Å². The van der Waals surface area contributed by atoms with E-state index in [1.807, 2.05) is 60.7 Å². The number of aryl methyl sites for hydroxylation is 1. The van der Waals surface area contributed by atoms with Crippen LogP contribution in [0.3, 0.4) is 0 Å². The molecule has 0 spiro atoms. The average molecular weight is 629 g/mol. The highest BCUT2D eigenvalue weighted by Gasteiger charge is 2.13. The van der Waals surface area contributed by atoms with E-state index in [9.17, 15) is 14.7 Å². The van der Waals surface area contributed by atoms with Crippen LogP contribution in [0, 0.1) is 0 Å². The van der Waals surface area contributed by atoms with Crippen molar-refractivity contribution in [3.8, 4) is 11.5 Å². The van der Waals surface area contributed by atoms with Gasteiger partial charge >= 0.3 is 0 Å². The van der Waals surface area contributed by atoms with Crippen LogP contribution in [0.25, 0.3) is 28.3 Å². The van der Waals surface area contributed by atoms with Crippen molar-refractivity contribution in [2.24, 2.45) is 0 Å². The molecule has 0 aliphatic heterocycles. The summed E-state index contributed by atoms with van der Waals surface area (Å²) in [6.07, 6.45) is 5.60. The molecule has 5 aromatic rings. The summed E-state index contributed by atoms with van der Waals surface area (Å²) >= 11 is 0. The number of rotatable bonds is 14. The second kappa shape index (κ2) is 16.1. The fourth-order valence-corrected chi connectivity index (χ4v) is 5.43. The summed E-state index contributed by atoms with van der Waals surface area (Å²) in [5, 5.41) is 15.6. The minimum absolute atomic E-state index is 0.0593. The van der Waals surface area contributed by atoms with Crippen molar-refractivity contribution >= 4 is 40.1 Å². The van der Waals surface area contributed by atoms with Gasteiger partial charge in [-0.1, -0.05) is 73.7 Å². The number of carbonyl (C=O) groups excluding carboxylic acids is 2. The van der Waals surface area contributed by atoms with E-state index in [2.05, 4.69) is 51.8 Å². The molecule has 0 radical (unpaired) electrons. The van der Waals surface area contributed by atoms with Crippen molar-refractivity contribution in [2.75, 3.05) is 20.2 Å². The van der Waals surface area contributed by atoms with Gasteiger partial charge in [-0.25, -0.2) is 4.98 Å². The fourth-order valence-electron chi connectivity index (χ4n) is 5.43. The van der Waals surface area contributed by atoms with Crippen LogP contribution >= 0.6 is 0 Å². The van der Waals surface area contributed by atoms with Crippen molar-refractivity contribution in [3.05, 3.63) is 131 Å². The van der Waals surface area contributed by atoms with Gasteiger partial charge in [0.1, 0.15) is 17.3 Å². The van der Waals surface area contributed by atoms with Gasteiger partial charge in [-0.2, -0.15) is 0 Å². The van der Waals surface area contributed by atoms with Crippen molar-refractivity contribution in [2.45, 2.75) is 32.6 Å². The summed E-state index contributed by atoms with van der Waals surface area (Å²) in [6, 6.07) is 31.4. The number of H-pyrrole nitrogens is 1. The highest BCUT2D eigenvalue weighted by atomic mass is 16.5. The van der Waals surface area contributed by atoms with Gasteiger partial charge in [0.25, 0.3) is 0 Å². The molecule has 0 bridgehead atoms. The number of benzene rings is 4. The lowest BCUT2D eigenvalue weighted by molar-refractivity contribution is -0.121. The Hall–Kier alpha value is -5.63. The Balaban J connectivity index is 1.09. The molecule has 47 heavy (non-hydrogen) atoms. The Morgan fingerprint density at radius 1 is 0.872 bits per heavy atom. The lowest BCUT2D eigenvalue weighted by Crippen LogP contribution is -2.29. The number of allylic oxidation sites excluding steroid dienone is 1. The Labute approximate surface area is 275 Å². The third kappa shape index (κ3) is 8.98. The summed E-state index contributed by atoms with van der Waals surface area (Å²) in [7, 11) is 1.62. The first-order valence-electron chi connectivity index (χ1n) is 15.9. The van der Waals surface area contributed by atoms with Crippen LogP contribution < -0.4 is 15.4 Å². The molecule has 240 valence electrons. The van der Waals surface area contributed by atoms with Crippen LogP contribution in [0.15, 0.2) is 103 Å². The normalized spacial score (nSPS) is 11.8. The number of amides is 2. The fraction of sp³-hybridized carbons (Fsp3) is 0.205. The van der Waals surface area contributed by atoms with Crippen molar-refractivity contribution in [1.29, 1.82) is 0 Å². The molecule has 8 nitrogen and oxygen atoms in total. The van der Waals surface area contributed by atoms with E-state index in [-0.39, 0.29) is 17.6 Å². The maximum atomic E-state index is 12.4. The van der Waals surface area contributed by atoms with Crippen LogP contribution in [0.4, 0.5) is 0 Å². The minimum atomic E-state index is -0.191. The van der Waals surface area contributed by atoms with E-state index < -0.39 is 0 Å². The zero-order chi connectivity index (χ0) is 33.0. The molecule has 0 aliphatic carbocycles. The molecule has 4 N–H and O–H groups in total. The van der Waals surface area contributed by atoms with Gasteiger partial charge in [0.2, 0.25) is 11.8 Å². The molecule has 5 rings (SSSR count). The number of phenolic OH excluding ortho intramolecular Hbond substituents is 1. The highest BCUT2D eigenvalue weighted by Crippen LogP contribution is 2.35. The molecule has 4 aromatic carbocycles. The molecular weight excluding hydrogens is 588 g/mol. The molecule has 0 saturated heterocycles. The smallest absolute Gasteiger partial charge is 0.244 e. The van der Waals surface area contributed by atoms with E-state index >= 15 is 0 Å². The van der Waals surface area contributed by atoms with Gasteiger partial charge in [0.05, 0.1) is 18.1 Å². The number of hydrogen-bond acceptors (Lipinski definition) is 5. The Morgan fingerprint density at radius 3 is 2.28 bits per heavy atom. The number of imidazole rings is 1. The van der Waals surface area contributed by atoms with Crippen LogP contribution in [0.5, 0.6) is 11.5 Å². The predicted molar refractivity (Wildman–Crippen MR) is 188 cm³/mol. The molecule has 2 amide bonds. The number of ether oxygens (including phenoxy) is 1. The van der Waals surface area contributed by atoms with Crippen LogP contribution in [0.2, 0.25) is 0 Å². The highest BCUT2D eigenvalue weighted by molar-refractivity contribution is 5.99. The quantitative estimate of drug-likeness (QED) is 0.0606. The van der Waals surface area contributed by atoms with Crippen LogP contribution in [-0.4, -0.2) is 47.1 Å². The second-order valence-electron chi connectivity index (χ2n) is 11.1. The number of nitrogens with one attached hydrogen (secondary N) is 3. The summed E-state index contributed by atoms with van der Waals surface area (Å²) in [4.78, 5) is 32.5. The van der Waals surface area contributed by atoms with Gasteiger partial charge in [-0.15, -0.1) is 0 Å². The Bertz CT molecular complexity index is 1860. The summed E-state index contributed by atoms with van der Waals surface area (Å²) < 4.78 is 5.24. The molecular formula is C39H40N4O4. The van der Waals surface area contributed by atoms with Gasteiger partial charge in [0.15, 0.2) is 0 Å². The van der Waals surface area contributed by atoms with Gasteiger partial charge in [0, 0.05) is 38.1 Å². The molecule has 8 heteroatoms. The molecule has 0 atom stereocenters. The predicted octanol–water partition coefficient (Wildman–Crippen LogP) is 6.91. The summed E-state index contributed by atoms with van der Waals surface area (Å²) in [5.74, 6) is 1.48. The van der Waals surface area contributed by atoms with Crippen molar-refractivity contribution in [3.63, 3.8) is 0 Å². The number of carbonyl (C=O) groups is 2. The molecule has 1 heterocycles. The molecule has 0 fully saturated rings. The largest absolute Gasteiger partial charge is 0.508 e. The average Bonchev–Trinajstić information content (AvgIpc) is 3.52. The lowest BCUT2D eigenvalue weighted by atomic mass is 9.88. The molecule has 0 unspecified atom stereocenters. The minimum Gasteiger partial charge on any atom is -0.508 e. The van der Waals surface area contributed by atoms with Crippen LogP contribution in [-0.2, 0) is 16.0 Å². The van der Waals surface area contributed by atoms with E-state index in [1.165, 1.54) is 11.6 Å². The maximum absolute atomic E-state index is 12.4. The lowest BCUT2D eigenvalue weighted by Gasteiger charge is -2.16. The van der Waals surface area contributed by atoms with E-state index in [4.69, 9.17) is 4.74 Å². The summed E-state index contributed by atoms with van der Waals surface area (Å²) in [6.45, 7) is 3.07. The zero-order valence-corrected chi connectivity index (χ0v) is 26.8. The first-order chi connectivity index (χ1) is 22.9. The maximum Gasteiger partial charge on any atom is 0.244 e. The van der Waals surface area contributed by atoms with E-state index in [1.54, 1.807) is 25.3 Å². The zero-order valence-electron chi connectivity index (χ0n) is 26.8. The van der Waals surface area contributed by atoms with E-state index in [0.29, 0.717) is 32.4 Å². The van der Waals surface area contributed by atoms with Crippen molar-refractivity contribution < 1.29 is 19.4 Å². The third-order valence-corrected chi connectivity index (χ3v) is 7.86. The van der Waals surface area contributed by atoms with Gasteiger partial charge in [-0.3, -0.25) is 9.59 Å². The van der Waals surface area contributed by atoms with Crippen LogP contribution in [0.1, 0.15) is 54.3 Å². The molecule has 1 aromatic heterocycles.